The highest BCUT2D eigenvalue weighted by molar-refractivity contribution is 7.13. The number of aryl methyl sites for hydroxylation is 2. The van der Waals surface area contributed by atoms with Crippen LogP contribution in [0, 0.1) is 13.8 Å². The number of aromatic nitrogens is 4. The number of benzene rings is 1. The molecule has 0 spiro atoms. The highest BCUT2D eigenvalue weighted by Crippen LogP contribution is 2.34. The number of hydrogen-bond donors (Lipinski definition) is 0. The van der Waals surface area contributed by atoms with E-state index in [2.05, 4.69) is 15.1 Å². The number of hydrogen-bond acceptors (Lipinski definition) is 8. The summed E-state index contributed by atoms with van der Waals surface area (Å²) < 4.78 is 18.1. The number of nitrogens with zero attached hydrogens (tertiary/aromatic N) is 4. The van der Waals surface area contributed by atoms with Crippen LogP contribution in [0.3, 0.4) is 0 Å². The number of rotatable bonds is 8. The first-order chi connectivity index (χ1) is 16.4. The Morgan fingerprint density at radius 3 is 2.65 bits per heavy atom. The third-order valence-electron chi connectivity index (χ3n) is 4.86. The summed E-state index contributed by atoms with van der Waals surface area (Å²) in [4.78, 5) is 21.7. The maximum absolute atomic E-state index is 12.7. The molecule has 0 amide bonds. The van der Waals surface area contributed by atoms with E-state index in [9.17, 15) is 4.79 Å². The molecule has 0 bridgehead atoms. The molecule has 8 nitrogen and oxygen atoms in total. The fourth-order valence-corrected chi connectivity index (χ4v) is 4.33. The summed E-state index contributed by atoms with van der Waals surface area (Å²) in [6, 6.07) is 10.9. The van der Waals surface area contributed by atoms with Gasteiger partial charge in [0.25, 0.3) is 0 Å². The number of carbonyl (C=O) groups excluding carboxylic acids is 1. The second-order valence-corrected chi connectivity index (χ2v) is 8.62. The molecule has 0 fully saturated rings. The Morgan fingerprint density at radius 1 is 1.12 bits per heavy atom. The van der Waals surface area contributed by atoms with Crippen LogP contribution in [-0.4, -0.2) is 39.4 Å². The lowest BCUT2D eigenvalue weighted by Crippen LogP contribution is -2.11. The van der Waals surface area contributed by atoms with Crippen molar-refractivity contribution in [2.45, 2.75) is 27.4 Å². The minimum atomic E-state index is -0.634. The number of ether oxygens (including phenoxy) is 3. The van der Waals surface area contributed by atoms with Gasteiger partial charge in [-0.05, 0) is 57.2 Å². The van der Waals surface area contributed by atoms with Gasteiger partial charge in [-0.2, -0.15) is 5.10 Å². The fourth-order valence-electron chi connectivity index (χ4n) is 3.34. The Bertz CT molecular complexity index is 1330. The molecule has 4 rings (SSSR count). The lowest BCUT2D eigenvalue weighted by molar-refractivity contribution is 0.0461. The van der Waals surface area contributed by atoms with Crippen LogP contribution in [0.2, 0.25) is 5.02 Å². The number of esters is 1. The quantitative estimate of drug-likeness (QED) is 0.299. The largest absolute Gasteiger partial charge is 0.493 e. The number of carbonyl (C=O) groups is 1. The molecule has 0 aliphatic heterocycles. The van der Waals surface area contributed by atoms with Gasteiger partial charge in [-0.3, -0.25) is 0 Å². The van der Waals surface area contributed by atoms with Crippen molar-refractivity contribution in [2.24, 2.45) is 0 Å². The van der Waals surface area contributed by atoms with Gasteiger partial charge in [0, 0.05) is 16.6 Å². The molecule has 10 heteroatoms. The lowest BCUT2D eigenvalue weighted by atomic mass is 10.2. The molecule has 0 unspecified atom stereocenters. The van der Waals surface area contributed by atoms with Crippen molar-refractivity contribution >= 4 is 28.9 Å². The molecule has 34 heavy (non-hydrogen) atoms. The molecule has 0 atom stereocenters. The zero-order valence-corrected chi connectivity index (χ0v) is 20.7. The smallest absolute Gasteiger partial charge is 0.358 e. The number of halogens is 1. The predicted molar refractivity (Wildman–Crippen MR) is 130 cm³/mol. The van der Waals surface area contributed by atoms with Gasteiger partial charge in [0.1, 0.15) is 11.6 Å². The van der Waals surface area contributed by atoms with Crippen LogP contribution in [0.15, 0.2) is 41.8 Å². The second-order valence-electron chi connectivity index (χ2n) is 7.36. The van der Waals surface area contributed by atoms with Crippen LogP contribution >= 0.6 is 22.9 Å². The Hall–Kier alpha value is -3.43. The standard InChI is InChI=1S/C24H23ClN4O4S/c1-5-32-19-8-6-16(11-20(19)31-4)23-26-17(13-34-23)12-33-24(30)22-18(25)7-9-21(27-22)29-15(3)10-14(2)28-29/h6-11,13H,5,12H2,1-4H3. The van der Waals surface area contributed by atoms with E-state index in [0.717, 1.165) is 22.0 Å². The number of pyridine rings is 1. The summed E-state index contributed by atoms with van der Waals surface area (Å²) in [5.74, 6) is 1.16. The minimum Gasteiger partial charge on any atom is -0.493 e. The van der Waals surface area contributed by atoms with Gasteiger partial charge in [-0.25, -0.2) is 19.4 Å². The Labute approximate surface area is 206 Å². The maximum Gasteiger partial charge on any atom is 0.358 e. The van der Waals surface area contributed by atoms with Crippen LogP contribution in [0.5, 0.6) is 11.5 Å². The first-order valence-corrected chi connectivity index (χ1v) is 11.8. The maximum atomic E-state index is 12.7. The van der Waals surface area contributed by atoms with Crippen molar-refractivity contribution in [1.82, 2.24) is 19.7 Å². The van der Waals surface area contributed by atoms with E-state index in [0.29, 0.717) is 29.6 Å². The van der Waals surface area contributed by atoms with Crippen LogP contribution in [0.4, 0.5) is 0 Å². The van der Waals surface area contributed by atoms with Gasteiger partial charge in [-0.1, -0.05) is 11.6 Å². The van der Waals surface area contributed by atoms with Crippen LogP contribution in [-0.2, 0) is 11.3 Å². The zero-order chi connectivity index (χ0) is 24.2. The zero-order valence-electron chi connectivity index (χ0n) is 19.2. The average Bonchev–Trinajstić information content (AvgIpc) is 3.44. The molecule has 4 aromatic rings. The van der Waals surface area contributed by atoms with Crippen molar-refractivity contribution in [3.63, 3.8) is 0 Å². The molecule has 0 aliphatic rings. The monoisotopic (exact) mass is 498 g/mol. The van der Waals surface area contributed by atoms with Crippen molar-refractivity contribution in [1.29, 1.82) is 0 Å². The first kappa shape index (κ1) is 23.7. The molecule has 3 aromatic heterocycles. The number of methoxy groups -OCH3 is 1. The normalized spacial score (nSPS) is 10.9. The Balaban J connectivity index is 1.47. The fraction of sp³-hybridized carbons (Fsp3) is 0.250. The summed E-state index contributed by atoms with van der Waals surface area (Å²) in [5.41, 5.74) is 3.27. The number of thiazole rings is 1. The highest BCUT2D eigenvalue weighted by atomic mass is 35.5. The molecule has 0 radical (unpaired) electrons. The van der Waals surface area contributed by atoms with E-state index in [-0.39, 0.29) is 17.3 Å². The summed E-state index contributed by atoms with van der Waals surface area (Å²) >= 11 is 7.67. The molecule has 176 valence electrons. The predicted octanol–water partition coefficient (Wildman–Crippen LogP) is 5.43. The highest BCUT2D eigenvalue weighted by Gasteiger charge is 2.18. The third kappa shape index (κ3) is 5.05. The van der Waals surface area contributed by atoms with Crippen molar-refractivity contribution < 1.29 is 19.0 Å². The van der Waals surface area contributed by atoms with Gasteiger partial charge in [-0.15, -0.1) is 11.3 Å². The molecule has 0 aliphatic carbocycles. The van der Waals surface area contributed by atoms with E-state index in [1.807, 2.05) is 50.4 Å². The first-order valence-electron chi connectivity index (χ1n) is 10.5. The van der Waals surface area contributed by atoms with Crippen LogP contribution < -0.4 is 9.47 Å². The van der Waals surface area contributed by atoms with E-state index in [4.69, 9.17) is 25.8 Å². The lowest BCUT2D eigenvalue weighted by Gasteiger charge is -2.10. The van der Waals surface area contributed by atoms with E-state index in [1.165, 1.54) is 11.3 Å². The average molecular weight is 499 g/mol. The van der Waals surface area contributed by atoms with E-state index >= 15 is 0 Å². The topological polar surface area (TPSA) is 88.4 Å². The van der Waals surface area contributed by atoms with Gasteiger partial charge in [0.2, 0.25) is 0 Å². The molecule has 0 N–H and O–H groups in total. The molecule has 1 aromatic carbocycles. The van der Waals surface area contributed by atoms with E-state index < -0.39 is 5.97 Å². The Kier molecular flexibility index (Phi) is 7.14. The summed E-state index contributed by atoms with van der Waals surface area (Å²) in [6.45, 7) is 6.26. The van der Waals surface area contributed by atoms with Gasteiger partial charge >= 0.3 is 5.97 Å². The van der Waals surface area contributed by atoms with Crippen molar-refractivity contribution in [3.05, 3.63) is 69.6 Å². The van der Waals surface area contributed by atoms with Gasteiger partial charge in [0.05, 0.1) is 30.1 Å². The molecule has 3 heterocycles. The summed E-state index contributed by atoms with van der Waals surface area (Å²) in [5, 5.41) is 7.21. The van der Waals surface area contributed by atoms with Gasteiger partial charge < -0.3 is 14.2 Å². The summed E-state index contributed by atoms with van der Waals surface area (Å²) in [7, 11) is 1.59. The second kappa shape index (κ2) is 10.2. The van der Waals surface area contributed by atoms with Crippen molar-refractivity contribution in [3.8, 4) is 27.9 Å². The minimum absolute atomic E-state index is 0.00829. The Morgan fingerprint density at radius 2 is 1.94 bits per heavy atom. The molecular weight excluding hydrogens is 476 g/mol. The van der Waals surface area contributed by atoms with Crippen LogP contribution in [0.25, 0.3) is 16.4 Å². The molecule has 0 saturated carbocycles. The van der Waals surface area contributed by atoms with Crippen LogP contribution in [0.1, 0.15) is 34.5 Å². The third-order valence-corrected chi connectivity index (χ3v) is 6.11. The summed E-state index contributed by atoms with van der Waals surface area (Å²) in [6.07, 6.45) is 0. The SMILES string of the molecule is CCOc1ccc(-c2nc(COC(=O)c3nc(-n4nc(C)cc4C)ccc3Cl)cs2)cc1OC. The van der Waals surface area contributed by atoms with Gasteiger partial charge in [0.15, 0.2) is 23.0 Å². The molecule has 0 saturated heterocycles. The van der Waals surface area contributed by atoms with E-state index in [1.54, 1.807) is 23.9 Å². The van der Waals surface area contributed by atoms with Crippen molar-refractivity contribution in [2.75, 3.05) is 13.7 Å². The molecular formula is C24H23ClN4O4S.